The molecule has 2 amide bonds. The third kappa shape index (κ3) is 3.56. The van der Waals surface area contributed by atoms with Gasteiger partial charge in [-0.05, 0) is 37.3 Å². The number of anilines is 2. The molecule has 0 radical (unpaired) electrons. The summed E-state index contributed by atoms with van der Waals surface area (Å²) in [5.74, 6) is 0.703. The van der Waals surface area contributed by atoms with Crippen LogP contribution in [0.2, 0.25) is 0 Å². The zero-order chi connectivity index (χ0) is 19.0. The van der Waals surface area contributed by atoms with E-state index in [1.54, 1.807) is 31.2 Å². The second-order valence-corrected chi connectivity index (χ2v) is 7.21. The molecule has 0 saturated heterocycles. The molecule has 2 aromatic carbocycles. The van der Waals surface area contributed by atoms with Crippen molar-refractivity contribution >= 4 is 44.2 Å². The van der Waals surface area contributed by atoms with E-state index in [4.69, 9.17) is 9.47 Å². The number of carbonyl (C=O) groups is 2. The van der Waals surface area contributed by atoms with E-state index < -0.39 is 12.2 Å². The van der Waals surface area contributed by atoms with Crippen LogP contribution in [0.5, 0.6) is 11.5 Å². The van der Waals surface area contributed by atoms with E-state index in [2.05, 4.69) is 15.6 Å². The molecule has 1 aliphatic heterocycles. The molecule has 2 atom stereocenters. The zero-order valence-electron chi connectivity index (χ0n) is 14.7. The largest absolute Gasteiger partial charge is 0.482 e. The second-order valence-electron chi connectivity index (χ2n) is 6.18. The highest BCUT2D eigenvalue weighted by Gasteiger charge is 2.34. The molecule has 3 aromatic rings. The lowest BCUT2D eigenvalue weighted by Gasteiger charge is -2.30. The first-order valence-corrected chi connectivity index (χ1v) is 9.22. The third-order valence-corrected chi connectivity index (χ3v) is 4.97. The first-order chi connectivity index (χ1) is 13.0. The molecule has 138 valence electrons. The number of hydrogen-bond acceptors (Lipinski definition) is 6. The molecule has 7 nitrogen and oxygen atoms in total. The summed E-state index contributed by atoms with van der Waals surface area (Å²) >= 11 is 1.33. The topological polar surface area (TPSA) is 89.6 Å². The molecule has 2 heterocycles. The summed E-state index contributed by atoms with van der Waals surface area (Å²) in [5.41, 5.74) is 1.43. The highest BCUT2D eigenvalue weighted by Crippen LogP contribution is 2.34. The lowest BCUT2D eigenvalue weighted by Crippen LogP contribution is -2.46. The van der Waals surface area contributed by atoms with Crippen LogP contribution in [0.4, 0.5) is 10.8 Å². The number of nitrogens with one attached hydrogen (secondary N) is 2. The van der Waals surface area contributed by atoms with Crippen LogP contribution in [0.1, 0.15) is 13.8 Å². The Kier molecular flexibility index (Phi) is 4.41. The number of hydrogen-bond donors (Lipinski definition) is 2. The fourth-order valence-corrected chi connectivity index (χ4v) is 3.75. The predicted molar refractivity (Wildman–Crippen MR) is 104 cm³/mol. The van der Waals surface area contributed by atoms with Crippen molar-refractivity contribution in [3.05, 3.63) is 42.5 Å². The van der Waals surface area contributed by atoms with Gasteiger partial charge in [0, 0.05) is 12.6 Å². The molecule has 0 fully saturated rings. The number of carbonyl (C=O) groups excluding carboxylic acids is 2. The molecule has 1 aliphatic rings. The summed E-state index contributed by atoms with van der Waals surface area (Å²) in [6, 6.07) is 12.6. The number of amides is 2. The molecule has 2 N–H and O–H groups in total. The second kappa shape index (κ2) is 6.88. The van der Waals surface area contributed by atoms with Crippen LogP contribution in [0.3, 0.4) is 0 Å². The Bertz CT molecular complexity index is 1030. The van der Waals surface area contributed by atoms with Crippen molar-refractivity contribution in [1.29, 1.82) is 0 Å². The van der Waals surface area contributed by atoms with E-state index in [0.717, 1.165) is 10.2 Å². The van der Waals surface area contributed by atoms with Gasteiger partial charge in [0.15, 0.2) is 16.6 Å². The van der Waals surface area contributed by atoms with Crippen LogP contribution in [-0.2, 0) is 9.59 Å². The van der Waals surface area contributed by atoms with Gasteiger partial charge >= 0.3 is 0 Å². The number of para-hydroxylation sites is 2. The Morgan fingerprint density at radius 2 is 1.81 bits per heavy atom. The van der Waals surface area contributed by atoms with Gasteiger partial charge < -0.3 is 14.8 Å². The molecule has 0 aliphatic carbocycles. The average molecular weight is 383 g/mol. The van der Waals surface area contributed by atoms with Crippen LogP contribution < -0.4 is 20.1 Å². The summed E-state index contributed by atoms with van der Waals surface area (Å²) in [7, 11) is 0. The van der Waals surface area contributed by atoms with Crippen LogP contribution >= 0.6 is 11.3 Å². The molecule has 8 heteroatoms. The van der Waals surface area contributed by atoms with E-state index in [1.165, 1.54) is 18.3 Å². The smallest absolute Gasteiger partial charge is 0.271 e. The Morgan fingerprint density at radius 3 is 2.56 bits per heavy atom. The Morgan fingerprint density at radius 1 is 1.07 bits per heavy atom. The van der Waals surface area contributed by atoms with Crippen molar-refractivity contribution < 1.29 is 19.1 Å². The third-order valence-electron chi connectivity index (χ3n) is 4.04. The fraction of sp³-hybridized carbons (Fsp3) is 0.211. The van der Waals surface area contributed by atoms with E-state index >= 15 is 0 Å². The maximum Gasteiger partial charge on any atom is 0.271 e. The molecule has 0 unspecified atom stereocenters. The number of ether oxygens (including phenoxy) is 2. The summed E-state index contributed by atoms with van der Waals surface area (Å²) < 4.78 is 12.4. The first-order valence-electron chi connectivity index (χ1n) is 8.41. The molecule has 4 rings (SSSR count). The number of rotatable bonds is 3. The predicted octanol–water partition coefficient (Wildman–Crippen LogP) is 3.42. The minimum absolute atomic E-state index is 0.142. The highest BCUT2D eigenvalue weighted by atomic mass is 32.1. The quantitative estimate of drug-likeness (QED) is 0.723. The van der Waals surface area contributed by atoms with Crippen molar-refractivity contribution in [2.45, 2.75) is 26.1 Å². The normalized spacial score (nSPS) is 18.1. The standard InChI is InChI=1S/C19H17N3O4S/c1-10-17(26-15-6-4-3-5-14(15)25-10)18(24)22-19-21-13-8-7-12(20-11(2)23)9-16(13)27-19/h3-10,17H,1-2H3,(H,20,23)(H,21,22,24)/t10-,17+/m0/s1. The van der Waals surface area contributed by atoms with Crippen LogP contribution in [0.15, 0.2) is 42.5 Å². The van der Waals surface area contributed by atoms with Crippen molar-refractivity contribution in [2.75, 3.05) is 10.6 Å². The molecular weight excluding hydrogens is 366 g/mol. The number of nitrogens with zero attached hydrogens (tertiary/aromatic N) is 1. The first kappa shape index (κ1) is 17.3. The van der Waals surface area contributed by atoms with E-state index in [-0.39, 0.29) is 11.8 Å². The number of thiazole rings is 1. The van der Waals surface area contributed by atoms with Gasteiger partial charge in [0.25, 0.3) is 5.91 Å². The maximum atomic E-state index is 12.7. The van der Waals surface area contributed by atoms with Gasteiger partial charge in [-0.2, -0.15) is 0 Å². The van der Waals surface area contributed by atoms with Gasteiger partial charge in [-0.3, -0.25) is 14.9 Å². The van der Waals surface area contributed by atoms with Gasteiger partial charge in [-0.15, -0.1) is 0 Å². The van der Waals surface area contributed by atoms with E-state index in [0.29, 0.717) is 22.3 Å². The molecule has 1 aromatic heterocycles. The van der Waals surface area contributed by atoms with Gasteiger partial charge in [0.2, 0.25) is 12.0 Å². The molecule has 27 heavy (non-hydrogen) atoms. The summed E-state index contributed by atoms with van der Waals surface area (Å²) in [5, 5.41) is 5.99. The van der Waals surface area contributed by atoms with Crippen LogP contribution in [-0.4, -0.2) is 29.0 Å². The number of benzene rings is 2. The monoisotopic (exact) mass is 383 g/mol. The molecule has 0 bridgehead atoms. The number of fused-ring (bicyclic) bond motifs is 2. The van der Waals surface area contributed by atoms with Gasteiger partial charge in [-0.1, -0.05) is 23.5 Å². The van der Waals surface area contributed by atoms with Gasteiger partial charge in [0.1, 0.15) is 6.10 Å². The molecule has 0 saturated carbocycles. The van der Waals surface area contributed by atoms with Crippen LogP contribution in [0, 0.1) is 0 Å². The van der Waals surface area contributed by atoms with Crippen molar-refractivity contribution in [1.82, 2.24) is 4.98 Å². The minimum Gasteiger partial charge on any atom is -0.482 e. The molecule has 0 spiro atoms. The Hall–Kier alpha value is -3.13. The Labute approximate surface area is 159 Å². The lowest BCUT2D eigenvalue weighted by molar-refractivity contribution is -0.128. The maximum absolute atomic E-state index is 12.7. The van der Waals surface area contributed by atoms with Gasteiger partial charge in [-0.25, -0.2) is 4.98 Å². The summed E-state index contributed by atoms with van der Waals surface area (Å²) in [4.78, 5) is 28.3. The van der Waals surface area contributed by atoms with Crippen molar-refractivity contribution in [3.63, 3.8) is 0 Å². The van der Waals surface area contributed by atoms with E-state index in [9.17, 15) is 9.59 Å². The summed E-state index contributed by atoms with van der Waals surface area (Å²) in [6.07, 6.45) is -1.21. The molecular formula is C19H17N3O4S. The Balaban J connectivity index is 1.51. The average Bonchev–Trinajstić information content (AvgIpc) is 3.02. The lowest BCUT2D eigenvalue weighted by atomic mass is 10.1. The van der Waals surface area contributed by atoms with Crippen molar-refractivity contribution in [2.24, 2.45) is 0 Å². The van der Waals surface area contributed by atoms with Gasteiger partial charge in [0.05, 0.1) is 10.2 Å². The van der Waals surface area contributed by atoms with E-state index in [1.807, 2.05) is 18.2 Å². The van der Waals surface area contributed by atoms with Crippen LogP contribution in [0.25, 0.3) is 10.2 Å². The SMILES string of the molecule is CC(=O)Nc1ccc2nc(NC(=O)[C@@H]3Oc4ccccc4O[C@H]3C)sc2c1. The fourth-order valence-electron chi connectivity index (χ4n) is 2.84. The highest BCUT2D eigenvalue weighted by molar-refractivity contribution is 7.22. The van der Waals surface area contributed by atoms with Crippen molar-refractivity contribution in [3.8, 4) is 11.5 Å². The zero-order valence-corrected chi connectivity index (χ0v) is 15.5. The minimum atomic E-state index is -0.776. The number of aromatic nitrogens is 1. The summed E-state index contributed by atoms with van der Waals surface area (Å²) in [6.45, 7) is 3.24.